The van der Waals surface area contributed by atoms with Crippen molar-refractivity contribution in [2.24, 2.45) is 0 Å². The molecule has 0 bridgehead atoms. The highest BCUT2D eigenvalue weighted by Gasteiger charge is 2.16. The number of carbonyl (C=O) groups is 2. The molecule has 0 saturated heterocycles. The molecule has 0 radical (unpaired) electrons. The van der Waals surface area contributed by atoms with Gasteiger partial charge in [-0.3, -0.25) is 0 Å². The second-order valence-electron chi connectivity index (χ2n) is 10.1. The van der Waals surface area contributed by atoms with Crippen LogP contribution in [0.2, 0.25) is 0 Å². The molecule has 0 saturated carbocycles. The summed E-state index contributed by atoms with van der Waals surface area (Å²) in [5, 5.41) is 4.65. The minimum atomic E-state index is -0.583. The van der Waals surface area contributed by atoms with Crippen molar-refractivity contribution in [1.82, 2.24) is 9.13 Å². The number of rotatable bonds is 8. The highest BCUT2D eigenvalue weighted by molar-refractivity contribution is 6.08. The van der Waals surface area contributed by atoms with Crippen LogP contribution in [0.4, 0.5) is 0 Å². The van der Waals surface area contributed by atoms with Crippen molar-refractivity contribution in [1.29, 1.82) is 0 Å². The molecule has 0 amide bonds. The van der Waals surface area contributed by atoms with E-state index in [0.29, 0.717) is 13.1 Å². The average Bonchev–Trinajstić information content (AvgIpc) is 3.45. The van der Waals surface area contributed by atoms with Gasteiger partial charge in [-0.15, -0.1) is 0 Å². The zero-order chi connectivity index (χ0) is 27.6. The lowest BCUT2D eigenvalue weighted by Crippen LogP contribution is -2.21. The molecule has 0 spiro atoms. The predicted molar refractivity (Wildman–Crippen MR) is 159 cm³/mol. The number of hydrogen-bond donors (Lipinski definition) is 0. The minimum Gasteiger partial charge on any atom is -0.458 e. The third-order valence-electron chi connectivity index (χ3n) is 7.23. The maximum atomic E-state index is 12.5. The van der Waals surface area contributed by atoms with E-state index in [1.54, 1.807) is 0 Å². The van der Waals surface area contributed by atoms with Gasteiger partial charge in [-0.05, 0) is 38.1 Å². The molecule has 2 unspecified atom stereocenters. The van der Waals surface area contributed by atoms with Gasteiger partial charge in [0.2, 0.25) is 0 Å². The molecule has 6 nitrogen and oxygen atoms in total. The van der Waals surface area contributed by atoms with E-state index < -0.39 is 24.1 Å². The molecule has 2 aromatic heterocycles. The van der Waals surface area contributed by atoms with Crippen LogP contribution in [0.15, 0.2) is 109 Å². The van der Waals surface area contributed by atoms with Crippen molar-refractivity contribution >= 4 is 55.6 Å². The van der Waals surface area contributed by atoms with Gasteiger partial charge in [-0.2, -0.15) is 0 Å². The summed E-state index contributed by atoms with van der Waals surface area (Å²) in [6, 6.07) is 32.8. The summed E-state index contributed by atoms with van der Waals surface area (Å²) in [5.41, 5.74) is 4.34. The fraction of sp³-hybridized carbons (Fsp3) is 0.176. The summed E-state index contributed by atoms with van der Waals surface area (Å²) in [4.78, 5) is 25.0. The molecule has 0 N–H and O–H groups in total. The Labute approximate surface area is 232 Å². The maximum Gasteiger partial charge on any atom is 0.331 e. The normalized spacial score (nSPS) is 13.3. The van der Waals surface area contributed by atoms with Gasteiger partial charge in [-0.25, -0.2) is 9.59 Å². The molecule has 40 heavy (non-hydrogen) atoms. The Morgan fingerprint density at radius 2 is 0.825 bits per heavy atom. The van der Waals surface area contributed by atoms with Crippen molar-refractivity contribution in [3.8, 4) is 0 Å². The topological polar surface area (TPSA) is 62.5 Å². The van der Waals surface area contributed by atoms with Crippen LogP contribution in [-0.2, 0) is 32.2 Å². The summed E-state index contributed by atoms with van der Waals surface area (Å²) in [7, 11) is 0. The number of para-hydroxylation sites is 4. The minimum absolute atomic E-state index is 0.401. The second kappa shape index (κ2) is 10.7. The third-order valence-corrected chi connectivity index (χ3v) is 7.23. The van der Waals surface area contributed by atoms with Gasteiger partial charge in [0, 0.05) is 55.8 Å². The Kier molecular flexibility index (Phi) is 6.83. The van der Waals surface area contributed by atoms with Gasteiger partial charge in [0.1, 0.15) is 12.2 Å². The summed E-state index contributed by atoms with van der Waals surface area (Å²) >= 11 is 0. The fourth-order valence-electron chi connectivity index (χ4n) is 5.60. The summed E-state index contributed by atoms with van der Waals surface area (Å²) in [5.74, 6) is -1.17. The summed E-state index contributed by atoms with van der Waals surface area (Å²) < 4.78 is 15.5. The van der Waals surface area contributed by atoms with E-state index in [1.165, 1.54) is 0 Å². The van der Waals surface area contributed by atoms with E-state index in [4.69, 9.17) is 9.47 Å². The molecular formula is C34H30N2O4. The second-order valence-corrected chi connectivity index (χ2v) is 10.1. The molecule has 6 aromatic rings. The molecule has 2 heterocycles. The van der Waals surface area contributed by atoms with E-state index in [0.717, 1.165) is 55.8 Å². The van der Waals surface area contributed by atoms with E-state index in [9.17, 15) is 9.59 Å². The average molecular weight is 531 g/mol. The SMILES string of the molecule is CC(Cn1c2ccccc2c2ccccc21)OC(=O)/C=C/C(=O)OC(C)Cn1c2ccccc2c2ccccc21. The molecule has 0 aliphatic heterocycles. The molecule has 4 aromatic carbocycles. The number of aromatic nitrogens is 2. The van der Waals surface area contributed by atoms with E-state index in [2.05, 4.69) is 57.7 Å². The maximum absolute atomic E-state index is 12.5. The predicted octanol–water partition coefficient (Wildman–Crippen LogP) is 7.02. The molecule has 0 aliphatic rings. The fourth-order valence-corrected chi connectivity index (χ4v) is 5.60. The number of carbonyl (C=O) groups excluding carboxylic acids is 2. The van der Waals surface area contributed by atoms with Crippen molar-refractivity contribution < 1.29 is 19.1 Å². The van der Waals surface area contributed by atoms with Gasteiger partial charge in [0.15, 0.2) is 0 Å². The van der Waals surface area contributed by atoms with E-state index in [1.807, 2.05) is 62.4 Å². The van der Waals surface area contributed by atoms with Crippen molar-refractivity contribution in [2.45, 2.75) is 39.1 Å². The number of esters is 2. The van der Waals surface area contributed by atoms with Gasteiger partial charge in [0.05, 0.1) is 13.1 Å². The van der Waals surface area contributed by atoms with Crippen LogP contribution in [0.25, 0.3) is 43.6 Å². The smallest absolute Gasteiger partial charge is 0.331 e. The Hall–Kier alpha value is -4.84. The number of fused-ring (bicyclic) bond motifs is 6. The van der Waals surface area contributed by atoms with Gasteiger partial charge < -0.3 is 18.6 Å². The Balaban J connectivity index is 1.08. The third kappa shape index (κ3) is 4.84. The summed E-state index contributed by atoms with van der Waals surface area (Å²) in [6.07, 6.45) is 1.47. The molecule has 6 heteroatoms. The molecular weight excluding hydrogens is 500 g/mol. The largest absolute Gasteiger partial charge is 0.458 e. The number of hydrogen-bond acceptors (Lipinski definition) is 4. The van der Waals surface area contributed by atoms with Crippen LogP contribution >= 0.6 is 0 Å². The van der Waals surface area contributed by atoms with Crippen LogP contribution in [-0.4, -0.2) is 33.3 Å². The Morgan fingerprint density at radius 1 is 0.550 bits per heavy atom. The zero-order valence-corrected chi connectivity index (χ0v) is 22.5. The first-order valence-electron chi connectivity index (χ1n) is 13.5. The molecule has 0 aliphatic carbocycles. The van der Waals surface area contributed by atoms with E-state index >= 15 is 0 Å². The van der Waals surface area contributed by atoms with Gasteiger partial charge in [-0.1, -0.05) is 72.8 Å². The zero-order valence-electron chi connectivity index (χ0n) is 22.5. The number of ether oxygens (including phenoxy) is 2. The van der Waals surface area contributed by atoms with Crippen LogP contribution in [0.5, 0.6) is 0 Å². The van der Waals surface area contributed by atoms with Crippen molar-refractivity contribution in [3.63, 3.8) is 0 Å². The van der Waals surface area contributed by atoms with Gasteiger partial charge >= 0.3 is 11.9 Å². The standard InChI is InChI=1S/C34H30N2O4/c1-23(21-35-29-15-7-3-11-25(29)26-12-4-8-16-30(26)35)39-33(37)19-20-34(38)40-24(2)22-36-31-17-9-5-13-27(31)28-14-6-10-18-32(28)36/h3-20,23-24H,21-22H2,1-2H3/b20-19+. The van der Waals surface area contributed by atoms with Crippen molar-refractivity contribution in [2.75, 3.05) is 0 Å². The summed E-state index contributed by atoms with van der Waals surface area (Å²) in [6.45, 7) is 4.69. The number of benzene rings is 4. The molecule has 0 fully saturated rings. The molecule has 6 rings (SSSR count). The monoisotopic (exact) mass is 530 g/mol. The van der Waals surface area contributed by atoms with Crippen LogP contribution in [0, 0.1) is 0 Å². The lowest BCUT2D eigenvalue weighted by molar-refractivity contribution is -0.145. The first-order chi connectivity index (χ1) is 19.5. The molecule has 200 valence electrons. The first-order valence-corrected chi connectivity index (χ1v) is 13.5. The van der Waals surface area contributed by atoms with E-state index in [-0.39, 0.29) is 0 Å². The van der Waals surface area contributed by atoms with Crippen LogP contribution < -0.4 is 0 Å². The highest BCUT2D eigenvalue weighted by Crippen LogP contribution is 2.30. The van der Waals surface area contributed by atoms with Crippen LogP contribution in [0.1, 0.15) is 13.8 Å². The first kappa shape index (κ1) is 25.4. The van der Waals surface area contributed by atoms with Crippen LogP contribution in [0.3, 0.4) is 0 Å². The highest BCUT2D eigenvalue weighted by atomic mass is 16.5. The Bertz CT molecular complexity index is 1650. The quantitative estimate of drug-likeness (QED) is 0.157. The van der Waals surface area contributed by atoms with Crippen molar-refractivity contribution in [3.05, 3.63) is 109 Å². The Morgan fingerprint density at radius 3 is 1.12 bits per heavy atom. The lowest BCUT2D eigenvalue weighted by atomic mass is 10.2. The lowest BCUT2D eigenvalue weighted by Gasteiger charge is -2.16. The number of nitrogens with zero attached hydrogens (tertiary/aromatic N) is 2. The van der Waals surface area contributed by atoms with Gasteiger partial charge in [0.25, 0.3) is 0 Å². The molecule has 2 atom stereocenters.